The van der Waals surface area contributed by atoms with Gasteiger partial charge in [-0.3, -0.25) is 0 Å². The zero-order valence-corrected chi connectivity index (χ0v) is 29.3. The average Bonchev–Trinajstić information content (AvgIpc) is 3.82. The molecule has 0 amide bonds. The second-order valence-electron chi connectivity index (χ2n) is 13.3. The fourth-order valence-corrected chi connectivity index (χ4v) is 7.58. The van der Waals surface area contributed by atoms with Gasteiger partial charge < -0.3 is 14.4 Å². The molecule has 256 valence electrons. The van der Waals surface area contributed by atoms with E-state index in [4.69, 9.17) is 0 Å². The highest BCUT2D eigenvalue weighted by atomic mass is 15.4. The number of fused-ring (bicyclic) bond motifs is 4. The standard InChI is InChI=1S/C48H34N6/c1-5-16-35(17-6-1)51(36-18-7-2-8-19-36)40-28-30-46-43(33-40)44-34-41(52(37-20-9-3-10-21-37)38-22-11-4-12-23-38)29-31-47(44)53(46)39-24-15-25-42(32-39)54-48-27-14-13-26-45(48)49-50-54/h1-34H. The van der Waals surface area contributed by atoms with E-state index in [-0.39, 0.29) is 0 Å². The molecule has 0 fully saturated rings. The molecule has 0 unspecified atom stereocenters. The second-order valence-corrected chi connectivity index (χ2v) is 13.3. The van der Waals surface area contributed by atoms with Gasteiger partial charge in [-0.15, -0.1) is 5.10 Å². The normalized spacial score (nSPS) is 11.3. The molecule has 8 aromatic carbocycles. The van der Waals surface area contributed by atoms with E-state index in [1.54, 1.807) is 0 Å². The minimum atomic E-state index is 0.864. The lowest BCUT2D eigenvalue weighted by Crippen LogP contribution is -2.09. The Hall–Kier alpha value is -7.44. The maximum Gasteiger partial charge on any atom is 0.113 e. The van der Waals surface area contributed by atoms with Crippen LogP contribution in [0.5, 0.6) is 0 Å². The van der Waals surface area contributed by atoms with E-state index in [0.717, 1.165) is 78.3 Å². The van der Waals surface area contributed by atoms with Crippen LogP contribution in [0.15, 0.2) is 206 Å². The van der Waals surface area contributed by atoms with Crippen LogP contribution in [0, 0.1) is 0 Å². The Morgan fingerprint density at radius 1 is 0.333 bits per heavy atom. The molecule has 0 aliphatic heterocycles. The minimum Gasteiger partial charge on any atom is -0.310 e. The molecule has 6 heteroatoms. The smallest absolute Gasteiger partial charge is 0.113 e. The fourth-order valence-electron chi connectivity index (χ4n) is 7.58. The predicted molar refractivity (Wildman–Crippen MR) is 223 cm³/mol. The molecule has 0 spiro atoms. The maximum absolute atomic E-state index is 4.54. The lowest BCUT2D eigenvalue weighted by molar-refractivity contribution is 0.823. The van der Waals surface area contributed by atoms with Gasteiger partial charge in [-0.1, -0.05) is 96.2 Å². The summed E-state index contributed by atoms with van der Waals surface area (Å²) in [7, 11) is 0. The summed E-state index contributed by atoms with van der Waals surface area (Å²) in [5, 5.41) is 11.3. The molecule has 0 saturated heterocycles. The van der Waals surface area contributed by atoms with Gasteiger partial charge >= 0.3 is 0 Å². The molecule has 54 heavy (non-hydrogen) atoms. The first kappa shape index (κ1) is 31.3. The molecule has 0 N–H and O–H groups in total. The van der Waals surface area contributed by atoms with Crippen LogP contribution in [-0.4, -0.2) is 19.6 Å². The van der Waals surface area contributed by atoms with Crippen LogP contribution in [0.3, 0.4) is 0 Å². The van der Waals surface area contributed by atoms with Crippen LogP contribution in [-0.2, 0) is 0 Å². The highest BCUT2D eigenvalue weighted by molar-refractivity contribution is 6.12. The molecular weight excluding hydrogens is 661 g/mol. The Morgan fingerprint density at radius 2 is 0.778 bits per heavy atom. The largest absolute Gasteiger partial charge is 0.310 e. The molecule has 0 saturated carbocycles. The van der Waals surface area contributed by atoms with Crippen LogP contribution >= 0.6 is 0 Å². The summed E-state index contributed by atoms with van der Waals surface area (Å²) < 4.78 is 4.28. The molecule has 0 atom stereocenters. The number of anilines is 6. The van der Waals surface area contributed by atoms with Crippen molar-refractivity contribution in [3.8, 4) is 11.4 Å². The molecule has 0 radical (unpaired) electrons. The molecule has 0 aliphatic carbocycles. The number of hydrogen-bond donors (Lipinski definition) is 0. The van der Waals surface area contributed by atoms with Crippen molar-refractivity contribution in [3.05, 3.63) is 206 Å². The Labute approximate surface area is 313 Å². The highest BCUT2D eigenvalue weighted by Crippen LogP contribution is 2.42. The van der Waals surface area contributed by atoms with Gasteiger partial charge in [0.1, 0.15) is 5.52 Å². The summed E-state index contributed by atoms with van der Waals surface area (Å²) in [6, 6.07) is 72.5. The van der Waals surface area contributed by atoms with Gasteiger partial charge in [0.15, 0.2) is 0 Å². The second kappa shape index (κ2) is 13.3. The van der Waals surface area contributed by atoms with Crippen LogP contribution in [0.4, 0.5) is 34.1 Å². The average molecular weight is 695 g/mol. The third-order valence-electron chi connectivity index (χ3n) is 9.99. The Bertz CT molecular complexity index is 2660. The van der Waals surface area contributed by atoms with E-state index in [9.17, 15) is 0 Å². The van der Waals surface area contributed by atoms with E-state index in [1.807, 2.05) is 22.9 Å². The molecule has 10 aromatic rings. The van der Waals surface area contributed by atoms with Crippen molar-refractivity contribution in [2.75, 3.05) is 9.80 Å². The number of hydrogen-bond acceptors (Lipinski definition) is 4. The van der Waals surface area contributed by atoms with Gasteiger partial charge in [-0.25, -0.2) is 4.68 Å². The van der Waals surface area contributed by atoms with Gasteiger partial charge in [0.05, 0.1) is 22.2 Å². The van der Waals surface area contributed by atoms with Crippen LogP contribution in [0.1, 0.15) is 0 Å². The van der Waals surface area contributed by atoms with Crippen molar-refractivity contribution in [2.24, 2.45) is 0 Å². The van der Waals surface area contributed by atoms with Crippen LogP contribution < -0.4 is 9.80 Å². The first-order valence-electron chi connectivity index (χ1n) is 18.1. The van der Waals surface area contributed by atoms with Crippen molar-refractivity contribution in [1.29, 1.82) is 0 Å². The van der Waals surface area contributed by atoms with Gasteiger partial charge in [-0.05, 0) is 115 Å². The number of rotatable bonds is 8. The van der Waals surface area contributed by atoms with E-state index in [1.165, 1.54) is 0 Å². The number of benzene rings is 8. The first-order valence-corrected chi connectivity index (χ1v) is 18.1. The SMILES string of the molecule is c1ccc(N(c2ccccc2)c2ccc3c(c2)c2cc(N(c4ccccc4)c4ccccc4)ccc2n3-c2cccc(-n3nnc4ccccc43)c2)cc1. The van der Waals surface area contributed by atoms with Gasteiger partial charge in [0.25, 0.3) is 0 Å². The van der Waals surface area contributed by atoms with Gasteiger partial charge in [0.2, 0.25) is 0 Å². The number of nitrogens with zero attached hydrogens (tertiary/aromatic N) is 6. The van der Waals surface area contributed by atoms with Crippen molar-refractivity contribution >= 4 is 67.0 Å². The van der Waals surface area contributed by atoms with Crippen LogP contribution in [0.2, 0.25) is 0 Å². The Kier molecular flexibility index (Phi) is 7.69. The van der Waals surface area contributed by atoms with Gasteiger partial charge in [0, 0.05) is 50.6 Å². The van der Waals surface area contributed by atoms with Crippen molar-refractivity contribution in [1.82, 2.24) is 19.6 Å². The number of para-hydroxylation sites is 5. The summed E-state index contributed by atoms with van der Waals surface area (Å²) in [6.45, 7) is 0. The number of aromatic nitrogens is 4. The molecule has 2 heterocycles. The molecule has 0 bridgehead atoms. The molecule has 6 nitrogen and oxygen atoms in total. The fraction of sp³-hybridized carbons (Fsp3) is 0. The van der Waals surface area contributed by atoms with E-state index in [0.29, 0.717) is 0 Å². The Balaban J connectivity index is 1.22. The molecule has 0 aliphatic rings. The van der Waals surface area contributed by atoms with Crippen molar-refractivity contribution in [2.45, 2.75) is 0 Å². The Morgan fingerprint density at radius 3 is 1.28 bits per heavy atom. The van der Waals surface area contributed by atoms with Crippen molar-refractivity contribution < 1.29 is 0 Å². The quantitative estimate of drug-likeness (QED) is 0.159. The van der Waals surface area contributed by atoms with Gasteiger partial charge in [-0.2, -0.15) is 0 Å². The zero-order chi connectivity index (χ0) is 35.8. The zero-order valence-electron chi connectivity index (χ0n) is 29.3. The lowest BCUT2D eigenvalue weighted by atomic mass is 10.1. The third kappa shape index (κ3) is 5.45. The summed E-state index contributed by atoms with van der Waals surface area (Å²) >= 11 is 0. The summed E-state index contributed by atoms with van der Waals surface area (Å²) in [5.41, 5.74) is 12.6. The molecule has 2 aromatic heterocycles. The summed E-state index contributed by atoms with van der Waals surface area (Å²) in [6.07, 6.45) is 0. The first-order chi connectivity index (χ1) is 26.8. The van der Waals surface area contributed by atoms with Crippen molar-refractivity contribution in [3.63, 3.8) is 0 Å². The third-order valence-corrected chi connectivity index (χ3v) is 9.99. The monoisotopic (exact) mass is 694 g/mol. The maximum atomic E-state index is 4.54. The lowest BCUT2D eigenvalue weighted by Gasteiger charge is -2.26. The summed E-state index contributed by atoms with van der Waals surface area (Å²) in [5.74, 6) is 0. The van der Waals surface area contributed by atoms with Crippen LogP contribution in [0.25, 0.3) is 44.2 Å². The van der Waals surface area contributed by atoms with E-state index >= 15 is 0 Å². The topological polar surface area (TPSA) is 42.1 Å². The minimum absolute atomic E-state index is 0.864. The summed E-state index contributed by atoms with van der Waals surface area (Å²) in [4.78, 5) is 4.65. The molecule has 10 rings (SSSR count). The van der Waals surface area contributed by atoms with E-state index < -0.39 is 0 Å². The highest BCUT2D eigenvalue weighted by Gasteiger charge is 2.20. The van der Waals surface area contributed by atoms with E-state index in [2.05, 4.69) is 213 Å². The predicted octanol–water partition coefficient (Wildman–Crippen LogP) is 12.5. The molecular formula is C48H34N6.